The highest BCUT2D eigenvalue weighted by atomic mass is 32.1. The molecule has 27 heavy (non-hydrogen) atoms. The van der Waals surface area contributed by atoms with Crippen molar-refractivity contribution in [2.45, 2.75) is 32.7 Å². The molecule has 1 N–H and O–H groups in total. The van der Waals surface area contributed by atoms with Crippen LogP contribution in [0.4, 0.5) is 0 Å². The molecule has 3 rings (SSSR count). The third-order valence-electron chi connectivity index (χ3n) is 4.92. The average molecular weight is 381 g/mol. The fraction of sp³-hybridized carbons (Fsp3) is 0.273. The number of aromatic nitrogens is 1. The Labute approximate surface area is 164 Å². The van der Waals surface area contributed by atoms with Crippen LogP contribution in [0, 0.1) is 6.92 Å². The first-order chi connectivity index (χ1) is 13.0. The van der Waals surface area contributed by atoms with E-state index in [1.165, 1.54) is 16.8 Å². The van der Waals surface area contributed by atoms with Gasteiger partial charge in [0.1, 0.15) is 5.75 Å². The summed E-state index contributed by atoms with van der Waals surface area (Å²) in [6, 6.07) is 14.3. The van der Waals surface area contributed by atoms with E-state index in [-0.39, 0.29) is 6.42 Å². The predicted octanol–water partition coefficient (Wildman–Crippen LogP) is 4.76. The van der Waals surface area contributed by atoms with Crippen LogP contribution in [0.5, 0.6) is 5.75 Å². The van der Waals surface area contributed by atoms with Crippen LogP contribution in [0.25, 0.3) is 10.9 Å². The lowest BCUT2D eigenvalue weighted by Crippen LogP contribution is -2.06. The third-order valence-corrected chi connectivity index (χ3v) is 5.19. The topological polar surface area (TPSA) is 51.5 Å². The summed E-state index contributed by atoms with van der Waals surface area (Å²) < 4.78 is 7.67. The normalized spacial score (nSPS) is 10.9. The Morgan fingerprint density at radius 1 is 1.22 bits per heavy atom. The first-order valence-electron chi connectivity index (χ1n) is 8.95. The molecule has 0 atom stereocenters. The summed E-state index contributed by atoms with van der Waals surface area (Å²) in [7, 11) is 1.67. The molecule has 1 aromatic heterocycles. The molecule has 0 amide bonds. The van der Waals surface area contributed by atoms with Crippen molar-refractivity contribution in [1.82, 2.24) is 4.57 Å². The number of nitrogens with zero attached hydrogens (tertiary/aromatic N) is 1. The van der Waals surface area contributed by atoms with Crippen molar-refractivity contribution in [3.63, 3.8) is 0 Å². The number of hydrogen-bond donors (Lipinski definition) is 1. The lowest BCUT2D eigenvalue weighted by Gasteiger charge is -2.12. The van der Waals surface area contributed by atoms with Crippen molar-refractivity contribution in [2.75, 3.05) is 7.11 Å². The molecule has 4 nitrogen and oxygen atoms in total. The summed E-state index contributed by atoms with van der Waals surface area (Å²) in [6.07, 6.45) is 1.52. The number of ether oxygens (including phenoxy) is 1. The Morgan fingerprint density at radius 3 is 2.59 bits per heavy atom. The molecule has 0 bridgehead atoms. The molecule has 0 fully saturated rings. The van der Waals surface area contributed by atoms with Gasteiger partial charge in [0, 0.05) is 34.9 Å². The van der Waals surface area contributed by atoms with Gasteiger partial charge in [0.25, 0.3) is 0 Å². The van der Waals surface area contributed by atoms with Crippen LogP contribution >= 0.6 is 12.2 Å². The van der Waals surface area contributed by atoms with Crippen LogP contribution in [0.2, 0.25) is 0 Å². The largest absolute Gasteiger partial charge is 0.497 e. The summed E-state index contributed by atoms with van der Waals surface area (Å²) in [4.78, 5) is 10.9. The van der Waals surface area contributed by atoms with Crippen molar-refractivity contribution < 1.29 is 14.6 Å². The number of aryl methyl sites for hydroxylation is 1. The van der Waals surface area contributed by atoms with Gasteiger partial charge in [-0.05, 0) is 54.7 Å². The number of carboxylic acids is 1. The number of carbonyl (C=O) groups is 1. The van der Waals surface area contributed by atoms with E-state index in [9.17, 15) is 4.79 Å². The maximum absolute atomic E-state index is 10.9. The number of carboxylic acid groups (broad SMARTS) is 1. The van der Waals surface area contributed by atoms with Gasteiger partial charge in [0.05, 0.1) is 7.11 Å². The molecular weight excluding hydrogens is 358 g/mol. The maximum atomic E-state index is 10.9. The van der Waals surface area contributed by atoms with Crippen molar-refractivity contribution in [3.8, 4) is 5.75 Å². The van der Waals surface area contributed by atoms with Crippen LogP contribution in [-0.2, 0) is 17.8 Å². The number of aliphatic carboxylic acids is 1. The first kappa shape index (κ1) is 19.1. The van der Waals surface area contributed by atoms with Gasteiger partial charge in [-0.25, -0.2) is 0 Å². The highest BCUT2D eigenvalue weighted by Gasteiger charge is 2.15. The highest BCUT2D eigenvalue weighted by molar-refractivity contribution is 7.79. The lowest BCUT2D eigenvalue weighted by molar-refractivity contribution is -0.137. The first-order valence-corrected chi connectivity index (χ1v) is 9.42. The molecule has 0 saturated heterocycles. The summed E-state index contributed by atoms with van der Waals surface area (Å²) in [5.74, 6) is 0.0675. The Morgan fingerprint density at radius 2 is 1.96 bits per heavy atom. The number of benzene rings is 2. The molecule has 0 unspecified atom stereocenters. The number of fused-ring (bicyclic) bond motifs is 1. The van der Waals surface area contributed by atoms with Crippen molar-refractivity contribution >= 4 is 34.5 Å². The molecule has 140 valence electrons. The Balaban J connectivity index is 2.03. The molecule has 0 aliphatic rings. The summed E-state index contributed by atoms with van der Waals surface area (Å²) in [5.41, 5.74) is 5.71. The maximum Gasteiger partial charge on any atom is 0.303 e. The van der Waals surface area contributed by atoms with Gasteiger partial charge in [-0.1, -0.05) is 36.5 Å². The molecule has 2 aromatic carbocycles. The van der Waals surface area contributed by atoms with E-state index >= 15 is 0 Å². The minimum Gasteiger partial charge on any atom is -0.497 e. The van der Waals surface area contributed by atoms with Crippen molar-refractivity contribution in [3.05, 3.63) is 64.8 Å². The Bertz CT molecular complexity index is 973. The van der Waals surface area contributed by atoms with Crippen LogP contribution in [0.1, 0.15) is 35.2 Å². The van der Waals surface area contributed by atoms with Gasteiger partial charge in [-0.15, -0.1) is 0 Å². The second-order valence-electron chi connectivity index (χ2n) is 6.65. The SMILES string of the molecule is COc1ccc2c(c1)c(C)c(CCCC(=O)O)n2Cc1ccc(C=S)cc1. The van der Waals surface area contributed by atoms with Crippen molar-refractivity contribution in [2.24, 2.45) is 0 Å². The average Bonchev–Trinajstić information content (AvgIpc) is 2.93. The third kappa shape index (κ3) is 4.19. The van der Waals surface area contributed by atoms with Crippen LogP contribution in [-0.4, -0.2) is 28.1 Å². The lowest BCUT2D eigenvalue weighted by atomic mass is 10.1. The zero-order chi connectivity index (χ0) is 19.4. The monoisotopic (exact) mass is 381 g/mol. The highest BCUT2D eigenvalue weighted by Crippen LogP contribution is 2.31. The van der Waals surface area contributed by atoms with Crippen LogP contribution in [0.15, 0.2) is 42.5 Å². The fourth-order valence-electron chi connectivity index (χ4n) is 3.48. The van der Waals surface area contributed by atoms with E-state index < -0.39 is 5.97 Å². The molecule has 1 heterocycles. The predicted molar refractivity (Wildman–Crippen MR) is 112 cm³/mol. The van der Waals surface area contributed by atoms with Gasteiger partial charge >= 0.3 is 5.97 Å². The smallest absolute Gasteiger partial charge is 0.303 e. The minimum absolute atomic E-state index is 0.174. The van der Waals surface area contributed by atoms with E-state index in [4.69, 9.17) is 22.1 Å². The van der Waals surface area contributed by atoms with E-state index in [2.05, 4.69) is 35.8 Å². The molecule has 0 saturated carbocycles. The Kier molecular flexibility index (Phi) is 5.91. The van der Waals surface area contributed by atoms with Gasteiger partial charge in [0.2, 0.25) is 0 Å². The van der Waals surface area contributed by atoms with E-state index in [0.29, 0.717) is 6.42 Å². The minimum atomic E-state index is -0.757. The molecule has 0 spiro atoms. The molecule has 0 aliphatic heterocycles. The quantitative estimate of drug-likeness (QED) is 0.572. The molecular formula is C22H23NO3S. The van der Waals surface area contributed by atoms with Crippen molar-refractivity contribution in [1.29, 1.82) is 0 Å². The van der Waals surface area contributed by atoms with Gasteiger partial charge < -0.3 is 14.4 Å². The van der Waals surface area contributed by atoms with E-state index in [1.807, 2.05) is 18.2 Å². The number of hydrogen-bond acceptors (Lipinski definition) is 3. The van der Waals surface area contributed by atoms with Gasteiger partial charge in [0.15, 0.2) is 0 Å². The van der Waals surface area contributed by atoms with Crippen LogP contribution < -0.4 is 4.74 Å². The molecule has 5 heteroatoms. The molecule has 0 aliphatic carbocycles. The zero-order valence-corrected chi connectivity index (χ0v) is 16.4. The molecule has 0 radical (unpaired) electrons. The fourth-order valence-corrected chi connectivity index (χ4v) is 3.63. The second-order valence-corrected chi connectivity index (χ2v) is 6.88. The summed E-state index contributed by atoms with van der Waals surface area (Å²) in [5, 5.41) is 11.8. The van der Waals surface area contributed by atoms with E-state index in [1.54, 1.807) is 12.5 Å². The second kappa shape index (κ2) is 8.35. The standard InChI is InChI=1S/C22H23NO3S/c1-15-19-12-18(26-2)10-11-21(19)23(20(15)4-3-5-22(24)25)13-16-6-8-17(14-27)9-7-16/h6-12,14H,3-5,13H2,1-2H3,(H,24,25). The van der Waals surface area contributed by atoms with E-state index in [0.717, 1.165) is 35.2 Å². The molecule has 3 aromatic rings. The van der Waals surface area contributed by atoms with Gasteiger partial charge in [-0.2, -0.15) is 0 Å². The number of thiocarbonyl (C=S) groups is 1. The summed E-state index contributed by atoms with van der Waals surface area (Å²) in [6.45, 7) is 2.83. The Hall–Kier alpha value is -2.66. The van der Waals surface area contributed by atoms with Gasteiger partial charge in [-0.3, -0.25) is 4.79 Å². The van der Waals surface area contributed by atoms with Crippen LogP contribution in [0.3, 0.4) is 0 Å². The number of rotatable bonds is 8. The zero-order valence-electron chi connectivity index (χ0n) is 15.6. The number of methoxy groups -OCH3 is 1. The summed E-state index contributed by atoms with van der Waals surface area (Å²) >= 11 is 4.98.